The molecule has 1 aliphatic heterocycles. The van der Waals surface area contributed by atoms with E-state index in [9.17, 15) is 18.3 Å². The number of hydrogen-bond acceptors (Lipinski definition) is 6. The molecular weight excluding hydrogens is 459 g/mol. The summed E-state index contributed by atoms with van der Waals surface area (Å²) < 4.78 is 47.9. The first kappa shape index (κ1) is 27.1. The van der Waals surface area contributed by atoms with Crippen molar-refractivity contribution in [1.82, 2.24) is 5.32 Å². The Hall–Kier alpha value is -2.49. The fourth-order valence-corrected chi connectivity index (χ4v) is 4.42. The van der Waals surface area contributed by atoms with Crippen LogP contribution in [0, 0.1) is 0 Å². The highest BCUT2D eigenvalue weighted by molar-refractivity contribution is 5.65. The average Bonchev–Trinajstić information content (AvgIpc) is 3.21. The van der Waals surface area contributed by atoms with Crippen LogP contribution in [0.15, 0.2) is 36.4 Å². The maximum Gasteiger partial charge on any atom is 0.422 e. The molecule has 6 nitrogen and oxygen atoms in total. The summed E-state index contributed by atoms with van der Waals surface area (Å²) in [5.41, 5.74) is 11.2. The van der Waals surface area contributed by atoms with Crippen LogP contribution in [-0.2, 0) is 12.8 Å². The van der Waals surface area contributed by atoms with Crippen molar-refractivity contribution in [3.63, 3.8) is 0 Å². The zero-order valence-corrected chi connectivity index (χ0v) is 20.4. The molecule has 0 aromatic heterocycles. The lowest BCUT2D eigenvalue weighted by Crippen LogP contribution is -2.32. The molecule has 1 aliphatic rings. The Morgan fingerprint density at radius 2 is 1.86 bits per heavy atom. The summed E-state index contributed by atoms with van der Waals surface area (Å²) in [4.78, 5) is 2.32. The number of nitrogens with zero attached hydrogens (tertiary/aromatic N) is 1. The van der Waals surface area contributed by atoms with E-state index in [0.29, 0.717) is 13.2 Å². The van der Waals surface area contributed by atoms with Crippen molar-refractivity contribution in [1.29, 1.82) is 0 Å². The van der Waals surface area contributed by atoms with Crippen LogP contribution in [0.1, 0.15) is 43.0 Å². The van der Waals surface area contributed by atoms with Gasteiger partial charge in [0, 0.05) is 44.0 Å². The lowest BCUT2D eigenvalue weighted by atomic mass is 9.95. The van der Waals surface area contributed by atoms with Crippen LogP contribution in [0.3, 0.4) is 0 Å². The molecule has 9 heteroatoms. The molecule has 194 valence electrons. The van der Waals surface area contributed by atoms with Gasteiger partial charge in [0.2, 0.25) is 0 Å². The van der Waals surface area contributed by atoms with Crippen LogP contribution in [-0.4, -0.2) is 56.8 Å². The molecule has 0 aliphatic carbocycles. The summed E-state index contributed by atoms with van der Waals surface area (Å²) in [6, 6.07) is 10.9. The molecular formula is C26H36F3N3O3. The van der Waals surface area contributed by atoms with E-state index in [1.807, 2.05) is 6.92 Å². The molecule has 0 saturated heterocycles. The van der Waals surface area contributed by atoms with E-state index in [0.717, 1.165) is 37.9 Å². The first-order valence-electron chi connectivity index (χ1n) is 12.1. The van der Waals surface area contributed by atoms with Gasteiger partial charge in [0.15, 0.2) is 18.1 Å². The van der Waals surface area contributed by atoms with E-state index in [1.54, 1.807) is 18.2 Å². The molecule has 35 heavy (non-hydrogen) atoms. The minimum absolute atomic E-state index is 0.0764. The second kappa shape index (κ2) is 12.5. The molecule has 2 atom stereocenters. The fourth-order valence-electron chi connectivity index (χ4n) is 4.42. The molecule has 1 heterocycles. The quantitative estimate of drug-likeness (QED) is 0.365. The number of benzene rings is 2. The van der Waals surface area contributed by atoms with Crippen molar-refractivity contribution in [2.75, 3.05) is 44.4 Å². The second-order valence-electron chi connectivity index (χ2n) is 9.05. The molecule has 0 spiro atoms. The Kier molecular flexibility index (Phi) is 9.65. The minimum Gasteiger partial charge on any atom is -0.488 e. The predicted octanol–water partition coefficient (Wildman–Crippen LogP) is 3.99. The number of hydrogen-bond donors (Lipinski definition) is 3. The van der Waals surface area contributed by atoms with E-state index in [4.69, 9.17) is 15.2 Å². The van der Waals surface area contributed by atoms with Crippen LogP contribution in [0.2, 0.25) is 0 Å². The number of aliphatic hydroxyl groups excluding tert-OH is 1. The largest absolute Gasteiger partial charge is 0.488 e. The SMILES string of the molecule is CC(N)c1cc(C[C@@H](C)NCCOc2ccccc2OCC(F)(F)F)cc2c1N(CCCO)CC2. The van der Waals surface area contributed by atoms with Gasteiger partial charge in [0.25, 0.3) is 0 Å². The van der Waals surface area contributed by atoms with Gasteiger partial charge in [0.1, 0.15) is 6.61 Å². The number of nitrogens with one attached hydrogen (secondary N) is 1. The first-order valence-corrected chi connectivity index (χ1v) is 12.1. The van der Waals surface area contributed by atoms with Gasteiger partial charge in [-0.1, -0.05) is 24.3 Å². The Labute approximate surface area is 205 Å². The predicted molar refractivity (Wildman–Crippen MR) is 131 cm³/mol. The summed E-state index contributed by atoms with van der Waals surface area (Å²) in [6.45, 7) is 5.51. The molecule has 0 bridgehead atoms. The third-order valence-electron chi connectivity index (χ3n) is 5.96. The van der Waals surface area contributed by atoms with Gasteiger partial charge in [-0.3, -0.25) is 0 Å². The van der Waals surface area contributed by atoms with Crippen LogP contribution >= 0.6 is 0 Å². The highest BCUT2D eigenvalue weighted by Gasteiger charge is 2.29. The van der Waals surface area contributed by atoms with Crippen molar-refractivity contribution in [3.8, 4) is 11.5 Å². The zero-order chi connectivity index (χ0) is 25.4. The Bertz CT molecular complexity index is 953. The maximum atomic E-state index is 12.5. The number of halogens is 3. The van der Waals surface area contributed by atoms with Gasteiger partial charge in [-0.15, -0.1) is 0 Å². The summed E-state index contributed by atoms with van der Waals surface area (Å²) in [5, 5.41) is 12.6. The van der Waals surface area contributed by atoms with Crippen LogP contribution in [0.4, 0.5) is 18.9 Å². The third-order valence-corrected chi connectivity index (χ3v) is 5.96. The number of fused-ring (bicyclic) bond motifs is 1. The summed E-state index contributed by atoms with van der Waals surface area (Å²) in [7, 11) is 0. The Morgan fingerprint density at radius 1 is 1.14 bits per heavy atom. The number of alkyl halides is 3. The number of anilines is 1. The van der Waals surface area contributed by atoms with Gasteiger partial charge < -0.3 is 30.5 Å². The van der Waals surface area contributed by atoms with Crippen molar-refractivity contribution in [3.05, 3.63) is 53.1 Å². The van der Waals surface area contributed by atoms with Gasteiger partial charge in [-0.25, -0.2) is 0 Å². The normalized spacial score (nSPS) is 15.1. The van der Waals surface area contributed by atoms with Crippen molar-refractivity contribution >= 4 is 5.69 Å². The molecule has 0 fully saturated rings. The minimum atomic E-state index is -4.40. The topological polar surface area (TPSA) is 80.0 Å². The summed E-state index contributed by atoms with van der Waals surface area (Å²) >= 11 is 0. The molecule has 1 unspecified atom stereocenters. The fraction of sp³-hybridized carbons (Fsp3) is 0.538. The van der Waals surface area contributed by atoms with Crippen LogP contribution in [0.25, 0.3) is 0 Å². The molecule has 0 saturated carbocycles. The highest BCUT2D eigenvalue weighted by atomic mass is 19.4. The molecule has 4 N–H and O–H groups in total. The summed E-state index contributed by atoms with van der Waals surface area (Å²) in [6.07, 6.45) is -1.88. The zero-order valence-electron chi connectivity index (χ0n) is 20.4. The van der Waals surface area contributed by atoms with E-state index < -0.39 is 12.8 Å². The average molecular weight is 496 g/mol. The number of para-hydroxylation sites is 2. The van der Waals surface area contributed by atoms with E-state index in [1.165, 1.54) is 22.9 Å². The standard InChI is InChI=1S/C26H36F3N3O3/c1-18(31-9-13-34-23-6-3-4-7-24(23)35-17-26(27,28)29)14-20-15-21-8-11-32(10-5-12-33)25(21)22(16-20)19(2)30/h3-4,6-7,15-16,18-19,31,33H,5,8-14,17,30H2,1-2H3/t18-,19?/m1/s1. The van der Waals surface area contributed by atoms with Gasteiger partial charge in [-0.05, 0) is 61.9 Å². The molecule has 0 radical (unpaired) electrons. The van der Waals surface area contributed by atoms with Crippen molar-refractivity contribution < 1.29 is 27.8 Å². The molecule has 2 aromatic carbocycles. The molecule has 0 amide bonds. The monoisotopic (exact) mass is 495 g/mol. The van der Waals surface area contributed by atoms with E-state index >= 15 is 0 Å². The summed E-state index contributed by atoms with van der Waals surface area (Å²) in [5.74, 6) is 0.365. The second-order valence-corrected chi connectivity index (χ2v) is 9.05. The maximum absolute atomic E-state index is 12.5. The van der Waals surface area contributed by atoms with E-state index in [2.05, 4.69) is 29.3 Å². The number of ether oxygens (including phenoxy) is 2. The number of nitrogens with two attached hydrogens (primary N) is 1. The van der Waals surface area contributed by atoms with Crippen molar-refractivity contribution in [2.45, 2.75) is 51.4 Å². The smallest absolute Gasteiger partial charge is 0.422 e. The van der Waals surface area contributed by atoms with Gasteiger partial charge in [-0.2, -0.15) is 13.2 Å². The Balaban J connectivity index is 1.53. The lowest BCUT2D eigenvalue weighted by Gasteiger charge is -2.25. The first-order chi connectivity index (χ1) is 16.7. The molecule has 2 aromatic rings. The van der Waals surface area contributed by atoms with Gasteiger partial charge >= 0.3 is 6.18 Å². The third kappa shape index (κ3) is 8.02. The number of aliphatic hydroxyl groups is 1. The van der Waals surface area contributed by atoms with Crippen LogP contribution in [0.5, 0.6) is 11.5 Å². The highest BCUT2D eigenvalue weighted by Crippen LogP contribution is 2.36. The van der Waals surface area contributed by atoms with Gasteiger partial charge in [0.05, 0.1) is 0 Å². The van der Waals surface area contributed by atoms with Crippen LogP contribution < -0.4 is 25.4 Å². The Morgan fingerprint density at radius 3 is 2.51 bits per heavy atom. The van der Waals surface area contributed by atoms with E-state index in [-0.39, 0.29) is 30.2 Å². The van der Waals surface area contributed by atoms with Crippen molar-refractivity contribution in [2.24, 2.45) is 5.73 Å². The number of rotatable bonds is 13. The lowest BCUT2D eigenvalue weighted by molar-refractivity contribution is -0.153. The molecule has 3 rings (SSSR count).